The van der Waals surface area contributed by atoms with Crippen LogP contribution >= 0.6 is 0 Å². The number of fused-ring (bicyclic) bond motifs is 1. The van der Waals surface area contributed by atoms with Gasteiger partial charge in [-0.3, -0.25) is 4.79 Å². The number of carbonyl (C=O) groups excluding carboxylic acids is 1. The average Bonchev–Trinajstić information content (AvgIpc) is 2.66. The summed E-state index contributed by atoms with van der Waals surface area (Å²) in [5, 5.41) is 8.98. The van der Waals surface area contributed by atoms with Crippen LogP contribution in [-0.4, -0.2) is 12.1 Å². The van der Waals surface area contributed by atoms with Crippen molar-refractivity contribution in [2.24, 2.45) is 29.6 Å². The fourth-order valence-corrected chi connectivity index (χ4v) is 5.53. The summed E-state index contributed by atoms with van der Waals surface area (Å²) in [6.45, 7) is 2.29. The van der Waals surface area contributed by atoms with Gasteiger partial charge < -0.3 is 4.74 Å². The van der Waals surface area contributed by atoms with E-state index in [0.29, 0.717) is 0 Å². The van der Waals surface area contributed by atoms with Gasteiger partial charge in [-0.1, -0.05) is 32.6 Å². The van der Waals surface area contributed by atoms with Crippen LogP contribution in [0.15, 0.2) is 0 Å². The Morgan fingerprint density at radius 3 is 2.44 bits per heavy atom. The molecule has 4 unspecified atom stereocenters. The van der Waals surface area contributed by atoms with Gasteiger partial charge in [0.15, 0.2) is 0 Å². The molecule has 0 radical (unpaired) electrons. The van der Waals surface area contributed by atoms with E-state index in [4.69, 9.17) is 10.00 Å². The van der Waals surface area contributed by atoms with E-state index in [9.17, 15) is 4.79 Å². The Kier molecular flexibility index (Phi) is 6.79. The van der Waals surface area contributed by atoms with E-state index in [-0.39, 0.29) is 23.9 Å². The van der Waals surface area contributed by atoms with E-state index in [1.54, 1.807) is 0 Å². The first-order valence-corrected chi connectivity index (χ1v) is 10.8. The molecular weight excluding hydrogens is 310 g/mol. The number of esters is 1. The van der Waals surface area contributed by atoms with Crippen molar-refractivity contribution in [1.29, 1.82) is 5.26 Å². The molecule has 3 fully saturated rings. The molecule has 3 nitrogen and oxygen atoms in total. The van der Waals surface area contributed by atoms with Gasteiger partial charge in [0.2, 0.25) is 0 Å². The lowest BCUT2D eigenvalue weighted by molar-refractivity contribution is -0.158. The topological polar surface area (TPSA) is 50.1 Å². The molecule has 3 aliphatic rings. The Hall–Kier alpha value is -1.04. The lowest BCUT2D eigenvalue weighted by Gasteiger charge is -2.42. The largest absolute Gasteiger partial charge is 0.462 e. The molecule has 0 bridgehead atoms. The van der Waals surface area contributed by atoms with Crippen LogP contribution in [0, 0.1) is 40.9 Å². The molecule has 0 saturated heterocycles. The predicted octanol–water partition coefficient (Wildman–Crippen LogP) is 5.63. The molecule has 0 aromatic rings. The minimum absolute atomic E-state index is 0.0620. The Balaban J connectivity index is 1.42. The van der Waals surface area contributed by atoms with Crippen LogP contribution in [0.3, 0.4) is 0 Å². The van der Waals surface area contributed by atoms with Gasteiger partial charge in [0.1, 0.15) is 6.10 Å². The maximum atomic E-state index is 12.6. The minimum Gasteiger partial charge on any atom is -0.462 e. The number of unbranched alkanes of at least 4 members (excludes halogenated alkanes) is 1. The summed E-state index contributed by atoms with van der Waals surface area (Å²) in [7, 11) is 0. The van der Waals surface area contributed by atoms with Crippen molar-refractivity contribution in [1.82, 2.24) is 0 Å². The van der Waals surface area contributed by atoms with Gasteiger partial charge in [-0.05, 0) is 75.5 Å². The molecule has 3 saturated carbocycles. The second-order valence-corrected chi connectivity index (χ2v) is 8.89. The smallest absolute Gasteiger partial charge is 0.309 e. The van der Waals surface area contributed by atoms with Gasteiger partial charge >= 0.3 is 5.97 Å². The Morgan fingerprint density at radius 2 is 1.72 bits per heavy atom. The van der Waals surface area contributed by atoms with E-state index in [1.165, 1.54) is 44.9 Å². The summed E-state index contributed by atoms with van der Waals surface area (Å²) in [4.78, 5) is 12.6. The number of nitriles is 1. The molecule has 0 amide bonds. The van der Waals surface area contributed by atoms with Crippen LogP contribution in [0.2, 0.25) is 0 Å². The minimum atomic E-state index is 0.0620. The molecule has 0 heterocycles. The summed E-state index contributed by atoms with van der Waals surface area (Å²) in [6, 6.07) is 2.35. The normalized spacial score (nSPS) is 38.4. The molecule has 4 atom stereocenters. The molecule has 0 spiro atoms. The second-order valence-electron chi connectivity index (χ2n) is 8.89. The molecule has 0 N–H and O–H groups in total. The molecule has 3 rings (SSSR count). The van der Waals surface area contributed by atoms with Crippen molar-refractivity contribution in [2.75, 3.05) is 0 Å². The lowest BCUT2D eigenvalue weighted by atomic mass is 9.64. The molecule has 25 heavy (non-hydrogen) atoms. The van der Waals surface area contributed by atoms with Crippen LogP contribution in [-0.2, 0) is 9.53 Å². The third kappa shape index (κ3) is 4.99. The summed E-state index contributed by atoms with van der Waals surface area (Å²) in [5.74, 6) is 2.95. The SMILES string of the molecule is CCCCC1CCC2CC(C(=O)OC3CCC(C#N)CC3)CCC2C1. The summed E-state index contributed by atoms with van der Waals surface area (Å²) in [6.07, 6.45) is 15.2. The summed E-state index contributed by atoms with van der Waals surface area (Å²) >= 11 is 0. The second kappa shape index (κ2) is 9.06. The van der Waals surface area contributed by atoms with Crippen LogP contribution in [0.25, 0.3) is 0 Å². The highest BCUT2D eigenvalue weighted by molar-refractivity contribution is 5.72. The third-order valence-electron chi connectivity index (χ3n) is 7.16. The predicted molar refractivity (Wildman–Crippen MR) is 98.6 cm³/mol. The van der Waals surface area contributed by atoms with Crippen molar-refractivity contribution in [3.05, 3.63) is 0 Å². The number of hydrogen-bond donors (Lipinski definition) is 0. The van der Waals surface area contributed by atoms with Crippen LogP contribution in [0.5, 0.6) is 0 Å². The van der Waals surface area contributed by atoms with E-state index >= 15 is 0 Å². The monoisotopic (exact) mass is 345 g/mol. The van der Waals surface area contributed by atoms with E-state index in [2.05, 4.69) is 13.0 Å². The molecule has 0 aliphatic heterocycles. The quantitative estimate of drug-likeness (QED) is 0.606. The fraction of sp³-hybridized carbons (Fsp3) is 0.909. The standard InChI is InChI=1S/C22H35NO2/c1-2-3-4-16-5-8-19-14-20(10-9-18(19)13-16)22(24)25-21-11-6-17(15-23)7-12-21/h16-21H,2-14H2,1H3. The zero-order valence-corrected chi connectivity index (χ0v) is 15.9. The van der Waals surface area contributed by atoms with Gasteiger partial charge in [0, 0.05) is 5.92 Å². The summed E-state index contributed by atoms with van der Waals surface area (Å²) in [5.41, 5.74) is 0. The highest BCUT2D eigenvalue weighted by Gasteiger charge is 2.38. The third-order valence-corrected chi connectivity index (χ3v) is 7.16. The number of nitrogens with zero attached hydrogens (tertiary/aromatic N) is 1. The first-order valence-electron chi connectivity index (χ1n) is 10.8. The first kappa shape index (κ1) is 18.7. The Morgan fingerprint density at radius 1 is 1.00 bits per heavy atom. The van der Waals surface area contributed by atoms with Gasteiger partial charge in [0.05, 0.1) is 12.0 Å². The van der Waals surface area contributed by atoms with Crippen LogP contribution in [0.1, 0.15) is 90.4 Å². The van der Waals surface area contributed by atoms with Crippen molar-refractivity contribution in [2.45, 2.75) is 96.5 Å². The van der Waals surface area contributed by atoms with E-state index < -0.39 is 0 Å². The molecule has 3 heteroatoms. The highest BCUT2D eigenvalue weighted by Crippen LogP contribution is 2.46. The molecule has 140 valence electrons. The first-order chi connectivity index (χ1) is 12.2. The fourth-order valence-electron chi connectivity index (χ4n) is 5.53. The van der Waals surface area contributed by atoms with Gasteiger partial charge in [-0.25, -0.2) is 0 Å². The van der Waals surface area contributed by atoms with Crippen LogP contribution in [0.4, 0.5) is 0 Å². The zero-order chi connectivity index (χ0) is 17.6. The zero-order valence-electron chi connectivity index (χ0n) is 15.9. The van der Waals surface area contributed by atoms with E-state index in [0.717, 1.165) is 56.3 Å². The maximum absolute atomic E-state index is 12.6. The van der Waals surface area contributed by atoms with Crippen molar-refractivity contribution >= 4 is 5.97 Å². The highest BCUT2D eigenvalue weighted by atomic mass is 16.5. The number of hydrogen-bond acceptors (Lipinski definition) is 3. The van der Waals surface area contributed by atoms with Crippen molar-refractivity contribution in [3.63, 3.8) is 0 Å². The average molecular weight is 346 g/mol. The van der Waals surface area contributed by atoms with Gasteiger partial charge in [-0.15, -0.1) is 0 Å². The van der Waals surface area contributed by atoms with Gasteiger partial charge in [-0.2, -0.15) is 5.26 Å². The maximum Gasteiger partial charge on any atom is 0.309 e. The Bertz CT molecular complexity index is 475. The molecule has 3 aliphatic carbocycles. The number of rotatable bonds is 5. The van der Waals surface area contributed by atoms with E-state index in [1.807, 2.05) is 0 Å². The molecular formula is C22H35NO2. The number of carbonyl (C=O) groups is 1. The van der Waals surface area contributed by atoms with Crippen molar-refractivity contribution < 1.29 is 9.53 Å². The van der Waals surface area contributed by atoms with Gasteiger partial charge in [0.25, 0.3) is 0 Å². The molecule has 0 aromatic carbocycles. The Labute approximate surface area is 153 Å². The lowest BCUT2D eigenvalue weighted by Crippen LogP contribution is -2.36. The number of ether oxygens (including phenoxy) is 1. The summed E-state index contributed by atoms with van der Waals surface area (Å²) < 4.78 is 5.83. The van der Waals surface area contributed by atoms with Crippen molar-refractivity contribution in [3.8, 4) is 6.07 Å². The van der Waals surface area contributed by atoms with Crippen LogP contribution < -0.4 is 0 Å². The molecule has 0 aromatic heterocycles.